The molecule has 0 heterocycles. The van der Waals surface area contributed by atoms with Gasteiger partial charge in [-0.2, -0.15) is 0 Å². The van der Waals surface area contributed by atoms with Gasteiger partial charge < -0.3 is 10.5 Å². The molecule has 0 aliphatic carbocycles. The predicted octanol–water partition coefficient (Wildman–Crippen LogP) is 2.12. The van der Waals surface area contributed by atoms with Crippen molar-refractivity contribution in [2.24, 2.45) is 5.73 Å². The lowest BCUT2D eigenvalue weighted by Gasteiger charge is -2.16. The first kappa shape index (κ1) is 10.2. The third kappa shape index (κ3) is 2.27. The van der Waals surface area contributed by atoms with Crippen LogP contribution in [-0.4, -0.2) is 7.11 Å². The van der Waals surface area contributed by atoms with E-state index in [1.807, 2.05) is 18.2 Å². The van der Waals surface area contributed by atoms with Gasteiger partial charge in [-0.05, 0) is 24.6 Å². The molecule has 70 valence electrons. The lowest BCUT2D eigenvalue weighted by Crippen LogP contribution is -2.25. The molecular weight excluding hydrogens is 185 g/mol. The Bertz CT molecular complexity index is 312. The van der Waals surface area contributed by atoms with E-state index in [-0.39, 0.29) is 8.46 Å². The van der Waals surface area contributed by atoms with Gasteiger partial charge >= 0.3 is 0 Å². The van der Waals surface area contributed by atoms with E-state index in [4.69, 9.17) is 10.5 Å². The minimum absolute atomic E-state index is 0.0982. The smallest absolute Gasteiger partial charge is 0.182 e. The third-order valence-corrected chi connectivity index (χ3v) is 2.48. The Morgan fingerprint density at radius 1 is 1.54 bits per heavy atom. The highest BCUT2D eigenvalue weighted by atomic mass is 31.1. The van der Waals surface area contributed by atoms with Crippen molar-refractivity contribution >= 4 is 8.46 Å². The van der Waals surface area contributed by atoms with Crippen LogP contribution in [0.1, 0.15) is 12.5 Å². The summed E-state index contributed by atoms with van der Waals surface area (Å²) < 4.78 is 15.8. The standard InChI is InChI=1S/C9H12NO2P/c1-9(10,13-11)7-4-3-5-8(6-7)12-2/h3-6H,10H2,1-2H3/t9-/m1/s1. The summed E-state index contributed by atoms with van der Waals surface area (Å²) in [5, 5.41) is -0.839. The molecule has 0 unspecified atom stereocenters. The number of hydrogen-bond acceptors (Lipinski definition) is 3. The maximum Gasteiger partial charge on any atom is 0.182 e. The fraction of sp³-hybridized carbons (Fsp3) is 0.333. The summed E-state index contributed by atoms with van der Waals surface area (Å²) in [5.74, 6) is 0.720. The molecule has 0 saturated carbocycles. The number of methoxy groups -OCH3 is 1. The topological polar surface area (TPSA) is 52.3 Å². The quantitative estimate of drug-likeness (QED) is 0.755. The highest BCUT2D eigenvalue weighted by molar-refractivity contribution is 7.25. The Kier molecular flexibility index (Phi) is 3.02. The Balaban J connectivity index is 3.08. The number of nitrogens with two attached hydrogens (primary N) is 1. The fourth-order valence-corrected chi connectivity index (χ4v) is 1.24. The Morgan fingerprint density at radius 3 is 2.77 bits per heavy atom. The van der Waals surface area contributed by atoms with Crippen LogP contribution < -0.4 is 10.5 Å². The van der Waals surface area contributed by atoms with E-state index in [0.717, 1.165) is 11.3 Å². The van der Waals surface area contributed by atoms with Crippen molar-refractivity contribution in [3.8, 4) is 5.75 Å². The molecule has 3 nitrogen and oxygen atoms in total. The van der Waals surface area contributed by atoms with Crippen molar-refractivity contribution < 1.29 is 9.30 Å². The van der Waals surface area contributed by atoms with E-state index in [1.54, 1.807) is 20.1 Å². The summed E-state index contributed by atoms with van der Waals surface area (Å²) in [6, 6.07) is 7.25. The second kappa shape index (κ2) is 3.86. The number of benzene rings is 1. The highest BCUT2D eigenvalue weighted by Gasteiger charge is 2.21. The van der Waals surface area contributed by atoms with Crippen molar-refractivity contribution in [2.45, 2.75) is 12.2 Å². The van der Waals surface area contributed by atoms with Gasteiger partial charge in [-0.25, -0.2) is 0 Å². The zero-order chi connectivity index (χ0) is 9.90. The van der Waals surface area contributed by atoms with E-state index in [2.05, 4.69) is 0 Å². The molecule has 2 N–H and O–H groups in total. The summed E-state index contributed by atoms with van der Waals surface area (Å²) in [4.78, 5) is 0. The molecule has 0 aliphatic heterocycles. The maximum absolute atomic E-state index is 10.8. The van der Waals surface area contributed by atoms with Crippen LogP contribution in [0.5, 0.6) is 5.75 Å². The molecule has 0 spiro atoms. The van der Waals surface area contributed by atoms with E-state index < -0.39 is 5.28 Å². The molecule has 0 aliphatic rings. The molecule has 1 atom stereocenters. The minimum atomic E-state index is -0.839. The van der Waals surface area contributed by atoms with Crippen LogP contribution in [-0.2, 0) is 9.85 Å². The van der Waals surface area contributed by atoms with Gasteiger partial charge in [-0.3, -0.25) is 4.57 Å². The minimum Gasteiger partial charge on any atom is -0.497 e. The Hall–Kier alpha value is -0.920. The molecule has 1 rings (SSSR count). The van der Waals surface area contributed by atoms with Gasteiger partial charge in [-0.15, -0.1) is 0 Å². The monoisotopic (exact) mass is 197 g/mol. The molecule has 0 aromatic heterocycles. The highest BCUT2D eigenvalue weighted by Crippen LogP contribution is 2.30. The summed E-state index contributed by atoms with van der Waals surface area (Å²) in [5.41, 5.74) is 6.58. The summed E-state index contributed by atoms with van der Waals surface area (Å²) >= 11 is 0. The lowest BCUT2D eigenvalue weighted by molar-refractivity contribution is 0.413. The van der Waals surface area contributed by atoms with Crippen LogP contribution in [0.2, 0.25) is 0 Å². The van der Waals surface area contributed by atoms with Crippen LogP contribution in [0.15, 0.2) is 24.3 Å². The van der Waals surface area contributed by atoms with Gasteiger partial charge in [0.25, 0.3) is 0 Å². The van der Waals surface area contributed by atoms with Gasteiger partial charge in [0.05, 0.1) is 7.11 Å². The van der Waals surface area contributed by atoms with Crippen LogP contribution in [0, 0.1) is 0 Å². The number of hydrogen-bond donors (Lipinski definition) is 1. The first-order valence-electron chi connectivity index (χ1n) is 3.88. The average molecular weight is 197 g/mol. The van der Waals surface area contributed by atoms with Crippen LogP contribution in [0.3, 0.4) is 0 Å². The zero-order valence-electron chi connectivity index (χ0n) is 7.65. The largest absolute Gasteiger partial charge is 0.497 e. The SMILES string of the molecule is COc1cccc([C@](C)(N)P=O)c1. The van der Waals surface area contributed by atoms with Gasteiger partial charge in [0.1, 0.15) is 11.0 Å². The van der Waals surface area contributed by atoms with Crippen molar-refractivity contribution in [2.75, 3.05) is 7.11 Å². The van der Waals surface area contributed by atoms with Crippen LogP contribution in [0.25, 0.3) is 0 Å². The Labute approximate surface area is 79.1 Å². The second-order valence-corrected chi connectivity index (χ2v) is 4.08. The normalized spacial score (nSPS) is 15.3. The van der Waals surface area contributed by atoms with E-state index in [1.165, 1.54) is 0 Å². The molecule has 13 heavy (non-hydrogen) atoms. The van der Waals surface area contributed by atoms with E-state index in [9.17, 15) is 4.57 Å². The summed E-state index contributed by atoms with van der Waals surface area (Å²) in [6.45, 7) is 1.70. The summed E-state index contributed by atoms with van der Waals surface area (Å²) in [7, 11) is 1.49. The maximum atomic E-state index is 10.8. The van der Waals surface area contributed by atoms with Gasteiger partial charge in [0.2, 0.25) is 0 Å². The first-order chi connectivity index (χ1) is 6.10. The number of ether oxygens (including phenoxy) is 1. The third-order valence-electron chi connectivity index (χ3n) is 1.84. The van der Waals surface area contributed by atoms with Crippen molar-refractivity contribution in [1.82, 2.24) is 0 Å². The lowest BCUT2D eigenvalue weighted by atomic mass is 10.1. The molecular formula is C9H12NO2P. The molecule has 0 amide bonds. The van der Waals surface area contributed by atoms with Crippen molar-refractivity contribution in [3.63, 3.8) is 0 Å². The molecule has 0 saturated heterocycles. The van der Waals surface area contributed by atoms with Crippen LogP contribution in [0.4, 0.5) is 0 Å². The number of rotatable bonds is 3. The molecule has 0 fully saturated rings. The molecule has 1 aromatic rings. The van der Waals surface area contributed by atoms with E-state index >= 15 is 0 Å². The second-order valence-electron chi connectivity index (χ2n) is 2.97. The zero-order valence-corrected chi connectivity index (χ0v) is 8.54. The molecule has 0 bridgehead atoms. The Morgan fingerprint density at radius 2 is 2.23 bits per heavy atom. The predicted molar refractivity (Wildman–Crippen MR) is 52.1 cm³/mol. The first-order valence-corrected chi connectivity index (χ1v) is 4.69. The fourth-order valence-electron chi connectivity index (χ4n) is 0.991. The van der Waals surface area contributed by atoms with E-state index in [0.29, 0.717) is 0 Å². The van der Waals surface area contributed by atoms with Gasteiger partial charge in [-0.1, -0.05) is 12.1 Å². The van der Waals surface area contributed by atoms with Gasteiger partial charge in [0, 0.05) is 0 Å². The molecule has 0 radical (unpaired) electrons. The summed E-state index contributed by atoms with van der Waals surface area (Å²) in [6.07, 6.45) is 0. The van der Waals surface area contributed by atoms with Crippen LogP contribution >= 0.6 is 8.46 Å². The van der Waals surface area contributed by atoms with Crippen molar-refractivity contribution in [1.29, 1.82) is 0 Å². The van der Waals surface area contributed by atoms with Gasteiger partial charge in [0.15, 0.2) is 8.46 Å². The average Bonchev–Trinajstić information content (AvgIpc) is 2.18. The molecule has 4 heteroatoms. The van der Waals surface area contributed by atoms with Crippen molar-refractivity contribution in [3.05, 3.63) is 29.8 Å². The molecule has 1 aromatic carbocycles.